The summed E-state index contributed by atoms with van der Waals surface area (Å²) in [6, 6.07) is 2.97. The van der Waals surface area contributed by atoms with Crippen LogP contribution < -0.4 is 11.1 Å². The molecule has 0 aliphatic carbocycles. The van der Waals surface area contributed by atoms with E-state index in [1.165, 1.54) is 0 Å². The van der Waals surface area contributed by atoms with Crippen LogP contribution in [0.1, 0.15) is 12.7 Å². The van der Waals surface area contributed by atoms with E-state index in [4.69, 9.17) is 5.73 Å². The molecular formula is C12H17Cl2N5O. The van der Waals surface area contributed by atoms with Gasteiger partial charge in [-0.15, -0.1) is 24.8 Å². The molecule has 8 heteroatoms. The normalized spacial score (nSPS) is 10.9. The Bertz CT molecular complexity index is 570. The fourth-order valence-electron chi connectivity index (χ4n) is 1.53. The van der Waals surface area contributed by atoms with E-state index in [-0.39, 0.29) is 30.7 Å². The molecule has 2 rings (SSSR count). The molecule has 0 spiro atoms. The number of hydrogen-bond donors (Lipinski definition) is 2. The van der Waals surface area contributed by atoms with Crippen molar-refractivity contribution in [3.63, 3.8) is 0 Å². The van der Waals surface area contributed by atoms with E-state index >= 15 is 0 Å². The van der Waals surface area contributed by atoms with Gasteiger partial charge in [-0.3, -0.25) is 9.36 Å². The maximum atomic E-state index is 11.6. The summed E-state index contributed by atoms with van der Waals surface area (Å²) < 4.78 is 1.80. The van der Waals surface area contributed by atoms with Crippen molar-refractivity contribution in [1.82, 2.24) is 14.5 Å². The molecule has 6 nitrogen and oxygen atoms in total. The average Bonchev–Trinajstić information content (AvgIpc) is 2.76. The number of amides is 1. The summed E-state index contributed by atoms with van der Waals surface area (Å²) in [4.78, 5) is 20.0. The zero-order valence-corrected chi connectivity index (χ0v) is 12.7. The van der Waals surface area contributed by atoms with Crippen molar-refractivity contribution in [1.29, 1.82) is 0 Å². The molecule has 110 valence electrons. The molecule has 0 bridgehead atoms. The average molecular weight is 318 g/mol. The molecule has 2 heterocycles. The van der Waals surface area contributed by atoms with Crippen LogP contribution in [0.5, 0.6) is 0 Å². The van der Waals surface area contributed by atoms with Gasteiger partial charge in [0.2, 0.25) is 5.91 Å². The van der Waals surface area contributed by atoms with Gasteiger partial charge in [0.15, 0.2) is 5.82 Å². The van der Waals surface area contributed by atoms with Crippen molar-refractivity contribution in [2.45, 2.75) is 19.9 Å². The Kier molecular flexibility index (Phi) is 7.20. The Morgan fingerprint density at radius 2 is 2.05 bits per heavy atom. The number of aryl methyl sites for hydroxylation is 1. The second kappa shape index (κ2) is 7.84. The molecular weight excluding hydrogens is 301 g/mol. The number of nitrogens with one attached hydrogen (secondary N) is 1. The van der Waals surface area contributed by atoms with Crippen LogP contribution in [-0.2, 0) is 4.79 Å². The molecule has 0 aliphatic rings. The van der Waals surface area contributed by atoms with Crippen LogP contribution >= 0.6 is 24.8 Å². The second-order valence-corrected chi connectivity index (χ2v) is 4.00. The van der Waals surface area contributed by atoms with Gasteiger partial charge in [0.05, 0.1) is 11.7 Å². The number of aromatic nitrogens is 3. The van der Waals surface area contributed by atoms with Gasteiger partial charge in [-0.25, -0.2) is 9.97 Å². The molecule has 1 atom stereocenters. The fourth-order valence-corrected chi connectivity index (χ4v) is 1.53. The third-order valence-corrected chi connectivity index (χ3v) is 2.51. The highest BCUT2D eigenvalue weighted by atomic mass is 35.5. The molecule has 0 unspecified atom stereocenters. The largest absolute Gasteiger partial charge is 0.322 e. The first-order valence-electron chi connectivity index (χ1n) is 5.61. The Morgan fingerprint density at radius 1 is 1.35 bits per heavy atom. The topological polar surface area (TPSA) is 85.8 Å². The summed E-state index contributed by atoms with van der Waals surface area (Å²) in [5, 5.41) is 2.75. The number of carbonyl (C=O) groups excluding carboxylic acids is 1. The number of hydrogen-bond acceptors (Lipinski definition) is 4. The van der Waals surface area contributed by atoms with Crippen LogP contribution in [0.25, 0.3) is 5.82 Å². The van der Waals surface area contributed by atoms with E-state index < -0.39 is 6.04 Å². The Balaban J connectivity index is 0.00000180. The van der Waals surface area contributed by atoms with Crippen LogP contribution in [0.3, 0.4) is 0 Å². The lowest BCUT2D eigenvalue weighted by Gasteiger charge is -2.12. The third kappa shape index (κ3) is 3.93. The quantitative estimate of drug-likeness (QED) is 0.902. The first-order chi connectivity index (χ1) is 8.59. The highest BCUT2D eigenvalue weighted by Crippen LogP contribution is 2.18. The van der Waals surface area contributed by atoms with Crippen molar-refractivity contribution < 1.29 is 4.79 Å². The number of nitrogens with two attached hydrogens (primary N) is 1. The molecule has 20 heavy (non-hydrogen) atoms. The third-order valence-electron chi connectivity index (χ3n) is 2.51. The van der Waals surface area contributed by atoms with E-state index in [1.807, 2.05) is 6.92 Å². The van der Waals surface area contributed by atoms with Gasteiger partial charge in [0.1, 0.15) is 5.82 Å². The lowest BCUT2D eigenvalue weighted by Crippen LogP contribution is -2.32. The number of halogens is 2. The van der Waals surface area contributed by atoms with Gasteiger partial charge in [0, 0.05) is 18.6 Å². The molecule has 0 saturated heterocycles. The summed E-state index contributed by atoms with van der Waals surface area (Å²) in [5.41, 5.74) is 6.14. The van der Waals surface area contributed by atoms with E-state index in [9.17, 15) is 4.79 Å². The number of carbonyl (C=O) groups is 1. The molecule has 0 saturated carbocycles. The molecule has 1 amide bonds. The summed E-state index contributed by atoms with van der Waals surface area (Å²) in [6.07, 6.45) is 5.14. The number of nitrogens with zero attached hydrogens (tertiary/aromatic N) is 3. The lowest BCUT2D eigenvalue weighted by atomic mass is 10.3. The first kappa shape index (κ1) is 18.4. The molecule has 2 aromatic rings. The standard InChI is InChI=1S/C12H15N5O.2ClH/c1-8(13)12(18)16-10-4-3-5-15-11(10)17-7-6-14-9(17)2;;/h3-8H,13H2,1-2H3,(H,16,18);2*1H/t8-;;/m0../s1. The van der Waals surface area contributed by atoms with Crippen LogP contribution in [0.2, 0.25) is 0 Å². The molecule has 0 fully saturated rings. The first-order valence-corrected chi connectivity index (χ1v) is 5.61. The van der Waals surface area contributed by atoms with Crippen molar-refractivity contribution in [2.24, 2.45) is 5.73 Å². The zero-order valence-electron chi connectivity index (χ0n) is 11.1. The molecule has 0 aliphatic heterocycles. The second-order valence-electron chi connectivity index (χ2n) is 4.00. The summed E-state index contributed by atoms with van der Waals surface area (Å²) in [7, 11) is 0. The highest BCUT2D eigenvalue weighted by molar-refractivity contribution is 5.95. The zero-order chi connectivity index (χ0) is 13.1. The van der Waals surface area contributed by atoms with Crippen molar-refractivity contribution in [3.8, 4) is 5.82 Å². The van der Waals surface area contributed by atoms with Gasteiger partial charge >= 0.3 is 0 Å². The molecule has 3 N–H and O–H groups in total. The lowest BCUT2D eigenvalue weighted by molar-refractivity contribution is -0.117. The number of pyridine rings is 1. The SMILES string of the molecule is Cc1nccn1-c1ncccc1NC(=O)[C@H](C)N.Cl.Cl. The molecule has 0 radical (unpaired) electrons. The summed E-state index contributed by atoms with van der Waals surface area (Å²) in [6.45, 7) is 3.50. The molecule has 0 aromatic carbocycles. The van der Waals surface area contributed by atoms with E-state index in [2.05, 4.69) is 15.3 Å². The van der Waals surface area contributed by atoms with Crippen LogP contribution in [-0.4, -0.2) is 26.5 Å². The Morgan fingerprint density at radius 3 is 2.60 bits per heavy atom. The maximum absolute atomic E-state index is 11.6. The minimum atomic E-state index is -0.568. The summed E-state index contributed by atoms with van der Waals surface area (Å²) >= 11 is 0. The number of imidazole rings is 1. The maximum Gasteiger partial charge on any atom is 0.241 e. The number of anilines is 1. The Labute approximate surface area is 129 Å². The molecule has 2 aromatic heterocycles. The monoisotopic (exact) mass is 317 g/mol. The minimum Gasteiger partial charge on any atom is -0.322 e. The van der Waals surface area contributed by atoms with Gasteiger partial charge in [-0.2, -0.15) is 0 Å². The minimum absolute atomic E-state index is 0. The van der Waals surface area contributed by atoms with E-state index in [0.29, 0.717) is 11.5 Å². The van der Waals surface area contributed by atoms with Crippen LogP contribution in [0.15, 0.2) is 30.7 Å². The van der Waals surface area contributed by atoms with E-state index in [1.54, 1.807) is 42.2 Å². The predicted octanol–water partition coefficient (Wildman–Crippen LogP) is 1.71. The van der Waals surface area contributed by atoms with Crippen LogP contribution in [0, 0.1) is 6.92 Å². The van der Waals surface area contributed by atoms with Crippen molar-refractivity contribution >= 4 is 36.4 Å². The van der Waals surface area contributed by atoms with Gasteiger partial charge < -0.3 is 11.1 Å². The van der Waals surface area contributed by atoms with Crippen LogP contribution in [0.4, 0.5) is 5.69 Å². The van der Waals surface area contributed by atoms with Gasteiger partial charge in [-0.05, 0) is 26.0 Å². The fraction of sp³-hybridized carbons (Fsp3) is 0.250. The smallest absolute Gasteiger partial charge is 0.241 e. The predicted molar refractivity (Wildman–Crippen MR) is 82.9 cm³/mol. The number of rotatable bonds is 3. The van der Waals surface area contributed by atoms with Crippen molar-refractivity contribution in [3.05, 3.63) is 36.5 Å². The van der Waals surface area contributed by atoms with E-state index in [0.717, 1.165) is 5.82 Å². The highest BCUT2D eigenvalue weighted by Gasteiger charge is 2.12. The Hall–Kier alpha value is -1.63. The summed E-state index contributed by atoms with van der Waals surface area (Å²) in [5.74, 6) is 1.17. The van der Waals surface area contributed by atoms with Gasteiger partial charge in [-0.1, -0.05) is 0 Å². The van der Waals surface area contributed by atoms with Crippen molar-refractivity contribution in [2.75, 3.05) is 5.32 Å². The van der Waals surface area contributed by atoms with Gasteiger partial charge in [0.25, 0.3) is 0 Å².